The van der Waals surface area contributed by atoms with Crippen molar-refractivity contribution in [1.82, 2.24) is 0 Å². The van der Waals surface area contributed by atoms with E-state index in [-0.39, 0.29) is 12.0 Å². The summed E-state index contributed by atoms with van der Waals surface area (Å²) in [7, 11) is 0. The van der Waals surface area contributed by atoms with Crippen molar-refractivity contribution in [2.45, 2.75) is 46.0 Å². The molecule has 1 N–H and O–H groups in total. The Morgan fingerprint density at radius 1 is 0.852 bits per heavy atom. The Kier molecular flexibility index (Phi) is 8.00. The number of aryl methyl sites for hydroxylation is 2. The van der Waals surface area contributed by atoms with Gasteiger partial charge >= 0.3 is 0 Å². The molecular weight excluding hydrogens is 360 g/mol. The number of benzene rings is 2. The van der Waals surface area contributed by atoms with Crippen LogP contribution in [-0.2, 0) is 5.41 Å². The molecule has 0 aliphatic rings. The smallest absolute Gasteiger partial charge is 0.122 e. The molecule has 0 saturated heterocycles. The van der Waals surface area contributed by atoms with Gasteiger partial charge in [0.15, 0.2) is 0 Å². The molecule has 0 aliphatic carbocycles. The van der Waals surface area contributed by atoms with Crippen LogP contribution in [0.25, 0.3) is 0 Å². The average molecular weight is 391 g/mol. The Labute approximate surface area is 168 Å². The lowest BCUT2D eigenvalue weighted by atomic mass is 9.77. The zero-order valence-corrected chi connectivity index (χ0v) is 17.6. The molecule has 3 nitrogen and oxygen atoms in total. The minimum atomic E-state index is -0.131. The van der Waals surface area contributed by atoms with Gasteiger partial charge in [0.05, 0.1) is 13.2 Å². The van der Waals surface area contributed by atoms with Crippen LogP contribution in [-0.4, -0.2) is 30.8 Å². The number of rotatable bonds is 10. The van der Waals surface area contributed by atoms with Crippen LogP contribution in [0.2, 0.25) is 0 Å². The normalized spacial score (nSPS) is 11.5. The molecule has 0 saturated carbocycles. The van der Waals surface area contributed by atoms with E-state index in [1.165, 1.54) is 11.1 Å². The Hall–Kier alpha value is -1.71. The van der Waals surface area contributed by atoms with Crippen LogP contribution in [0, 0.1) is 13.8 Å². The SMILES string of the molecule is Cc1cc(C(C)(C)c2ccc(OCCCCl)c(C)c2)ccc1OCCCO. The van der Waals surface area contributed by atoms with Crippen molar-refractivity contribution in [2.75, 3.05) is 25.7 Å². The van der Waals surface area contributed by atoms with Gasteiger partial charge in [-0.2, -0.15) is 0 Å². The van der Waals surface area contributed by atoms with E-state index in [0.717, 1.165) is 29.0 Å². The first-order chi connectivity index (χ1) is 12.9. The molecule has 0 aliphatic heterocycles. The molecule has 4 heteroatoms. The van der Waals surface area contributed by atoms with Crippen molar-refractivity contribution in [3.05, 3.63) is 58.7 Å². The lowest BCUT2D eigenvalue weighted by Crippen LogP contribution is -2.19. The largest absolute Gasteiger partial charge is 0.493 e. The average Bonchev–Trinajstić information content (AvgIpc) is 2.64. The molecule has 27 heavy (non-hydrogen) atoms. The van der Waals surface area contributed by atoms with E-state index >= 15 is 0 Å². The van der Waals surface area contributed by atoms with Gasteiger partial charge in [-0.15, -0.1) is 11.6 Å². The van der Waals surface area contributed by atoms with E-state index in [2.05, 4.69) is 58.0 Å². The molecule has 148 valence electrons. The van der Waals surface area contributed by atoms with Crippen molar-refractivity contribution < 1.29 is 14.6 Å². The summed E-state index contributed by atoms with van der Waals surface area (Å²) in [4.78, 5) is 0. The number of halogens is 1. The quantitative estimate of drug-likeness (QED) is 0.436. The zero-order valence-electron chi connectivity index (χ0n) is 16.8. The highest BCUT2D eigenvalue weighted by Gasteiger charge is 2.24. The number of aliphatic hydroxyl groups is 1. The molecule has 0 fully saturated rings. The molecule has 0 unspecified atom stereocenters. The van der Waals surface area contributed by atoms with Crippen LogP contribution < -0.4 is 9.47 Å². The van der Waals surface area contributed by atoms with E-state index in [1.54, 1.807) is 0 Å². The number of hydrogen-bond donors (Lipinski definition) is 1. The minimum absolute atomic E-state index is 0.131. The maximum atomic E-state index is 8.90. The maximum Gasteiger partial charge on any atom is 0.122 e. The lowest BCUT2D eigenvalue weighted by Gasteiger charge is -2.28. The summed E-state index contributed by atoms with van der Waals surface area (Å²) in [6.07, 6.45) is 1.49. The molecule has 2 rings (SSSR count). The van der Waals surface area contributed by atoms with Crippen molar-refractivity contribution >= 4 is 11.6 Å². The number of alkyl halides is 1. The van der Waals surface area contributed by atoms with Gasteiger partial charge in [-0.3, -0.25) is 0 Å². The number of aliphatic hydroxyl groups excluding tert-OH is 1. The van der Waals surface area contributed by atoms with E-state index < -0.39 is 0 Å². The third-order valence-electron chi connectivity index (χ3n) is 4.89. The first-order valence-corrected chi connectivity index (χ1v) is 10.1. The molecule has 0 atom stereocenters. The zero-order chi connectivity index (χ0) is 19.9. The molecule has 0 bridgehead atoms. The molecule has 0 amide bonds. The maximum absolute atomic E-state index is 8.90. The highest BCUT2D eigenvalue weighted by Crippen LogP contribution is 2.35. The molecule has 2 aromatic rings. The van der Waals surface area contributed by atoms with E-state index in [0.29, 0.717) is 25.5 Å². The van der Waals surface area contributed by atoms with Crippen LogP contribution in [0.5, 0.6) is 11.5 Å². The summed E-state index contributed by atoms with van der Waals surface area (Å²) >= 11 is 5.72. The van der Waals surface area contributed by atoms with Gasteiger partial charge in [0, 0.05) is 24.3 Å². The molecule has 2 aromatic carbocycles. The number of hydrogen-bond acceptors (Lipinski definition) is 3. The monoisotopic (exact) mass is 390 g/mol. The fourth-order valence-corrected chi connectivity index (χ4v) is 3.16. The fraction of sp³-hybridized carbons (Fsp3) is 0.478. The second-order valence-electron chi connectivity index (χ2n) is 7.40. The van der Waals surface area contributed by atoms with Gasteiger partial charge in [-0.25, -0.2) is 0 Å². The van der Waals surface area contributed by atoms with E-state index in [1.807, 2.05) is 6.07 Å². The predicted octanol–water partition coefficient (Wildman–Crippen LogP) is 5.40. The standard InChI is InChI=1S/C23H31ClO3/c1-17-15-19(7-9-21(17)26-13-5-11-24)23(3,4)20-8-10-22(18(2)16-20)27-14-6-12-25/h7-10,15-16,25H,5-6,11-14H2,1-4H3. The third-order valence-corrected chi connectivity index (χ3v) is 5.16. The Bertz CT molecular complexity index is 679. The Balaban J connectivity index is 2.19. The van der Waals surface area contributed by atoms with Gasteiger partial charge in [-0.05, 0) is 54.7 Å². The van der Waals surface area contributed by atoms with Gasteiger partial charge in [0.25, 0.3) is 0 Å². The summed E-state index contributed by atoms with van der Waals surface area (Å²) in [5.74, 6) is 2.41. The fourth-order valence-electron chi connectivity index (χ4n) is 3.05. The predicted molar refractivity (Wildman–Crippen MR) is 113 cm³/mol. The summed E-state index contributed by atoms with van der Waals surface area (Å²) in [6.45, 7) is 9.93. The van der Waals surface area contributed by atoms with Crippen molar-refractivity contribution in [1.29, 1.82) is 0 Å². The van der Waals surface area contributed by atoms with Crippen LogP contribution in [0.1, 0.15) is 48.9 Å². The van der Waals surface area contributed by atoms with E-state index in [4.69, 9.17) is 26.2 Å². The van der Waals surface area contributed by atoms with Crippen LogP contribution in [0.15, 0.2) is 36.4 Å². The highest BCUT2D eigenvalue weighted by molar-refractivity contribution is 6.17. The third kappa shape index (κ3) is 5.63. The Morgan fingerprint density at radius 2 is 1.33 bits per heavy atom. The lowest BCUT2D eigenvalue weighted by molar-refractivity contribution is 0.233. The molecule has 0 aromatic heterocycles. The van der Waals surface area contributed by atoms with Crippen LogP contribution in [0.4, 0.5) is 0 Å². The number of ether oxygens (including phenoxy) is 2. The van der Waals surface area contributed by atoms with Gasteiger partial charge in [0.2, 0.25) is 0 Å². The summed E-state index contributed by atoms with van der Waals surface area (Å²) in [5.41, 5.74) is 4.60. The minimum Gasteiger partial charge on any atom is -0.493 e. The van der Waals surface area contributed by atoms with Gasteiger partial charge < -0.3 is 14.6 Å². The second kappa shape index (κ2) is 10.0. The highest BCUT2D eigenvalue weighted by atomic mass is 35.5. The second-order valence-corrected chi connectivity index (χ2v) is 7.78. The van der Waals surface area contributed by atoms with Crippen molar-refractivity contribution in [3.8, 4) is 11.5 Å². The van der Waals surface area contributed by atoms with Gasteiger partial charge in [0.1, 0.15) is 11.5 Å². The first-order valence-electron chi connectivity index (χ1n) is 9.55. The van der Waals surface area contributed by atoms with E-state index in [9.17, 15) is 0 Å². The molecule has 0 radical (unpaired) electrons. The Morgan fingerprint density at radius 3 is 1.74 bits per heavy atom. The molecular formula is C23H31ClO3. The van der Waals surface area contributed by atoms with Crippen molar-refractivity contribution in [2.24, 2.45) is 0 Å². The summed E-state index contributed by atoms with van der Waals surface area (Å²) in [5, 5.41) is 8.90. The first kappa shape index (κ1) is 21.6. The summed E-state index contributed by atoms with van der Waals surface area (Å²) < 4.78 is 11.6. The molecule has 0 heterocycles. The topological polar surface area (TPSA) is 38.7 Å². The van der Waals surface area contributed by atoms with Gasteiger partial charge in [-0.1, -0.05) is 38.1 Å². The summed E-state index contributed by atoms with van der Waals surface area (Å²) in [6, 6.07) is 12.7. The van der Waals surface area contributed by atoms with Crippen LogP contribution in [0.3, 0.4) is 0 Å². The molecule has 0 spiro atoms. The van der Waals surface area contributed by atoms with Crippen molar-refractivity contribution in [3.63, 3.8) is 0 Å². The van der Waals surface area contributed by atoms with Crippen LogP contribution >= 0.6 is 11.6 Å².